The number of hydrogen-bond acceptors (Lipinski definition) is 2. The van der Waals surface area contributed by atoms with Gasteiger partial charge in [0.15, 0.2) is 0 Å². The molecule has 0 fully saturated rings. The van der Waals surface area contributed by atoms with Crippen molar-refractivity contribution in [2.75, 3.05) is 0 Å². The summed E-state index contributed by atoms with van der Waals surface area (Å²) in [4.78, 5) is 4.02. The number of nitriles is 1. The maximum atomic E-state index is 10.4. The first-order chi connectivity index (χ1) is 24.2. The molecule has 0 spiro atoms. The second-order valence-electron chi connectivity index (χ2n) is 12.3. The second kappa shape index (κ2) is 10.2. The molecule has 0 radical (unpaired) electrons. The molecule has 49 heavy (non-hydrogen) atoms. The number of fused-ring (bicyclic) bond motifs is 10. The van der Waals surface area contributed by atoms with Crippen molar-refractivity contribution in [1.29, 1.82) is 5.26 Å². The predicted molar refractivity (Wildman–Crippen MR) is 199 cm³/mol. The number of nitrogens with zero attached hydrogens (tertiary/aromatic N) is 4. The van der Waals surface area contributed by atoms with Crippen molar-refractivity contribution in [3.05, 3.63) is 163 Å². The highest BCUT2D eigenvalue weighted by molar-refractivity contribution is 6.24. The van der Waals surface area contributed by atoms with Crippen molar-refractivity contribution in [2.24, 2.45) is 0 Å². The lowest BCUT2D eigenvalue weighted by Gasteiger charge is -2.17. The fourth-order valence-corrected chi connectivity index (χ4v) is 7.73. The average molecular weight is 625 g/mol. The fourth-order valence-electron chi connectivity index (χ4n) is 7.73. The van der Waals surface area contributed by atoms with Crippen molar-refractivity contribution in [2.45, 2.75) is 0 Å². The Kier molecular flexibility index (Phi) is 5.64. The third kappa shape index (κ3) is 3.79. The van der Waals surface area contributed by atoms with Crippen LogP contribution in [0.15, 0.2) is 150 Å². The molecular formula is C44H24N4O. The van der Waals surface area contributed by atoms with Crippen LogP contribution in [0.2, 0.25) is 0 Å². The van der Waals surface area contributed by atoms with Gasteiger partial charge in [0.25, 0.3) is 0 Å². The normalized spacial score (nSPS) is 11.6. The Balaban J connectivity index is 1.29. The summed E-state index contributed by atoms with van der Waals surface area (Å²) in [7, 11) is 0. The van der Waals surface area contributed by atoms with Gasteiger partial charge in [-0.25, -0.2) is 4.85 Å². The summed E-state index contributed by atoms with van der Waals surface area (Å²) >= 11 is 0. The third-order valence-electron chi connectivity index (χ3n) is 9.74. The Morgan fingerprint density at radius 2 is 1.22 bits per heavy atom. The van der Waals surface area contributed by atoms with E-state index >= 15 is 0 Å². The maximum absolute atomic E-state index is 10.4. The van der Waals surface area contributed by atoms with E-state index in [1.165, 1.54) is 0 Å². The quantitative estimate of drug-likeness (QED) is 0.184. The molecule has 0 aliphatic rings. The van der Waals surface area contributed by atoms with Crippen LogP contribution in [0.4, 0.5) is 5.69 Å². The van der Waals surface area contributed by atoms with Gasteiger partial charge in [-0.05, 0) is 65.7 Å². The zero-order valence-electron chi connectivity index (χ0n) is 26.1. The van der Waals surface area contributed by atoms with E-state index in [2.05, 4.69) is 92.8 Å². The van der Waals surface area contributed by atoms with E-state index in [1.807, 2.05) is 72.8 Å². The molecule has 10 aromatic rings. The van der Waals surface area contributed by atoms with Crippen LogP contribution in [0.1, 0.15) is 5.56 Å². The summed E-state index contributed by atoms with van der Waals surface area (Å²) in [5.41, 5.74) is 10.2. The number of aromatic nitrogens is 2. The molecule has 0 aliphatic heterocycles. The van der Waals surface area contributed by atoms with Gasteiger partial charge >= 0.3 is 0 Å². The molecule has 0 aliphatic carbocycles. The highest BCUT2D eigenvalue weighted by Gasteiger charge is 2.22. The molecular weight excluding hydrogens is 601 g/mol. The summed E-state index contributed by atoms with van der Waals surface area (Å²) < 4.78 is 10.9. The van der Waals surface area contributed by atoms with Gasteiger partial charge in [-0.3, -0.25) is 0 Å². The van der Waals surface area contributed by atoms with E-state index in [9.17, 15) is 5.26 Å². The molecule has 0 amide bonds. The fraction of sp³-hybridized carbons (Fsp3) is 0. The number of rotatable bonds is 3. The Labute approximate surface area is 280 Å². The Bertz CT molecular complexity index is 3030. The average Bonchev–Trinajstić information content (AvgIpc) is 3.82. The van der Waals surface area contributed by atoms with Crippen LogP contribution < -0.4 is 0 Å². The summed E-state index contributed by atoms with van der Waals surface area (Å²) in [6.07, 6.45) is 0. The van der Waals surface area contributed by atoms with E-state index in [0.29, 0.717) is 11.3 Å². The molecule has 7 aromatic carbocycles. The molecule has 3 aromatic heterocycles. The highest BCUT2D eigenvalue weighted by Crippen LogP contribution is 2.43. The standard InChI is InChI=1S/C44H24N4O/c1-46-36-16-10-15-30(43(36)48-37-17-6-2-11-31(37)32-12-3-7-18-38(32)48)28-23-27(26-45)24-29(25-28)47-39-19-8-4-14-35(39)42-40(47)22-21-34-33-13-5-9-20-41(33)49-44(34)42/h2-25H. The van der Waals surface area contributed by atoms with Gasteiger partial charge in [-0.2, -0.15) is 5.26 Å². The van der Waals surface area contributed by atoms with Gasteiger partial charge in [-0.1, -0.05) is 91.0 Å². The summed E-state index contributed by atoms with van der Waals surface area (Å²) in [6.45, 7) is 8.23. The Morgan fingerprint density at radius 3 is 1.94 bits per heavy atom. The minimum Gasteiger partial charge on any atom is -0.455 e. The Hall–Kier alpha value is -7.08. The molecule has 226 valence electrons. The van der Waals surface area contributed by atoms with Crippen LogP contribution in [-0.4, -0.2) is 9.13 Å². The first kappa shape index (κ1) is 27.1. The zero-order valence-corrected chi connectivity index (χ0v) is 26.1. The van der Waals surface area contributed by atoms with Gasteiger partial charge < -0.3 is 13.6 Å². The number of benzene rings is 7. The molecule has 5 heteroatoms. The lowest BCUT2D eigenvalue weighted by Crippen LogP contribution is -2.00. The topological polar surface area (TPSA) is 51.1 Å². The highest BCUT2D eigenvalue weighted by atomic mass is 16.3. The number of hydrogen-bond donors (Lipinski definition) is 0. The van der Waals surface area contributed by atoms with E-state index in [-0.39, 0.29) is 0 Å². The molecule has 0 N–H and O–H groups in total. The van der Waals surface area contributed by atoms with E-state index in [1.54, 1.807) is 0 Å². The summed E-state index contributed by atoms with van der Waals surface area (Å²) in [5, 5.41) is 16.9. The first-order valence-electron chi connectivity index (χ1n) is 16.1. The monoisotopic (exact) mass is 624 g/mol. The number of para-hydroxylation sites is 5. The van der Waals surface area contributed by atoms with Crippen LogP contribution in [0.5, 0.6) is 0 Å². The van der Waals surface area contributed by atoms with Crippen molar-refractivity contribution in [3.8, 4) is 28.6 Å². The van der Waals surface area contributed by atoms with Gasteiger partial charge in [0.1, 0.15) is 11.2 Å². The van der Waals surface area contributed by atoms with Crippen molar-refractivity contribution < 1.29 is 4.42 Å². The van der Waals surface area contributed by atoms with E-state index in [0.717, 1.165) is 88.1 Å². The molecule has 0 atom stereocenters. The van der Waals surface area contributed by atoms with Gasteiger partial charge in [0.2, 0.25) is 5.69 Å². The van der Waals surface area contributed by atoms with Crippen molar-refractivity contribution in [1.82, 2.24) is 9.13 Å². The smallest absolute Gasteiger partial charge is 0.211 e. The second-order valence-corrected chi connectivity index (χ2v) is 12.3. The zero-order chi connectivity index (χ0) is 32.6. The van der Waals surface area contributed by atoms with Gasteiger partial charge in [-0.15, -0.1) is 0 Å². The molecule has 0 saturated carbocycles. The third-order valence-corrected chi connectivity index (χ3v) is 9.74. The first-order valence-corrected chi connectivity index (χ1v) is 16.1. The largest absolute Gasteiger partial charge is 0.455 e. The van der Waals surface area contributed by atoms with Crippen LogP contribution in [0.3, 0.4) is 0 Å². The van der Waals surface area contributed by atoms with Crippen molar-refractivity contribution >= 4 is 71.2 Å². The molecule has 5 nitrogen and oxygen atoms in total. The van der Waals surface area contributed by atoms with Crippen molar-refractivity contribution in [3.63, 3.8) is 0 Å². The predicted octanol–water partition coefficient (Wildman–Crippen LogP) is 11.9. The summed E-state index contributed by atoms with van der Waals surface area (Å²) in [6, 6.07) is 51.7. The van der Waals surface area contributed by atoms with Crippen LogP contribution in [0, 0.1) is 17.9 Å². The van der Waals surface area contributed by atoms with Crippen LogP contribution >= 0.6 is 0 Å². The molecule has 3 heterocycles. The lowest BCUT2D eigenvalue weighted by molar-refractivity contribution is 0.673. The van der Waals surface area contributed by atoms with E-state index < -0.39 is 0 Å². The van der Waals surface area contributed by atoms with Crippen LogP contribution in [-0.2, 0) is 0 Å². The minimum absolute atomic E-state index is 0.532. The maximum Gasteiger partial charge on any atom is 0.211 e. The molecule has 0 unspecified atom stereocenters. The molecule has 0 bridgehead atoms. The summed E-state index contributed by atoms with van der Waals surface area (Å²) in [5.74, 6) is 0. The lowest BCUT2D eigenvalue weighted by atomic mass is 9.99. The SMILES string of the molecule is [C-]#[N+]c1cccc(-c2cc(C#N)cc(-n3c4ccccc4c4c5oc6ccccc6c5ccc43)c2)c1-n1c2ccccc2c2ccccc21. The van der Waals surface area contributed by atoms with Crippen LogP contribution in [0.25, 0.3) is 92.9 Å². The minimum atomic E-state index is 0.532. The molecule has 10 rings (SSSR count). The number of furan rings is 1. The van der Waals surface area contributed by atoms with Gasteiger partial charge in [0.05, 0.1) is 51.3 Å². The molecule has 0 saturated heterocycles. The van der Waals surface area contributed by atoms with E-state index in [4.69, 9.17) is 11.0 Å². The van der Waals surface area contributed by atoms with Gasteiger partial charge in [0, 0.05) is 32.6 Å². The Morgan fingerprint density at radius 1 is 0.571 bits per heavy atom.